The molecule has 3 aromatic rings. The van der Waals surface area contributed by atoms with Crippen molar-refractivity contribution in [2.75, 3.05) is 4.90 Å². The van der Waals surface area contributed by atoms with Gasteiger partial charge < -0.3 is 14.9 Å². The Morgan fingerprint density at radius 2 is 2.14 bits per heavy atom. The normalized spacial score (nSPS) is 10.6. The molecule has 0 spiro atoms. The van der Waals surface area contributed by atoms with Crippen LogP contribution in [-0.2, 0) is 11.4 Å². The Hall–Kier alpha value is -3.04. The number of rotatable bonds is 6. The van der Waals surface area contributed by atoms with E-state index in [0.717, 1.165) is 11.1 Å². The smallest absolute Gasteiger partial charge is 0.406 e. The number of carbonyl (C=O) groups is 1. The maximum Gasteiger partial charge on any atom is 0.406 e. The number of aromatic nitrogens is 2. The Balaban J connectivity index is 1.86. The number of pyridine rings is 1. The lowest BCUT2D eigenvalue weighted by molar-refractivity contribution is -0.390. The average Bonchev–Trinajstić information content (AvgIpc) is 3.11. The first-order valence-electron chi connectivity index (χ1n) is 8.52. The maximum atomic E-state index is 12.4. The molecule has 0 atom stereocenters. The molecule has 1 aromatic carbocycles. The molecule has 0 aliphatic heterocycles. The van der Waals surface area contributed by atoms with Crippen molar-refractivity contribution in [1.82, 2.24) is 9.97 Å². The maximum absolute atomic E-state index is 12.4. The van der Waals surface area contributed by atoms with Gasteiger partial charge in [-0.05, 0) is 53.1 Å². The van der Waals surface area contributed by atoms with E-state index < -0.39 is 4.92 Å². The van der Waals surface area contributed by atoms with Crippen LogP contribution in [0.3, 0.4) is 0 Å². The fourth-order valence-electron chi connectivity index (χ4n) is 2.83. The summed E-state index contributed by atoms with van der Waals surface area (Å²) in [5.74, 6) is -0.549. The topological polar surface area (TPSA) is 98.5 Å². The summed E-state index contributed by atoms with van der Waals surface area (Å²) in [5, 5.41) is 13.7. The van der Waals surface area contributed by atoms with E-state index in [1.165, 1.54) is 35.4 Å². The molecular weight excluding hydrogens is 416 g/mol. The number of aryl methyl sites for hydroxylation is 2. The summed E-state index contributed by atoms with van der Waals surface area (Å²) >= 11 is 7.66. The van der Waals surface area contributed by atoms with Crippen molar-refractivity contribution in [3.8, 4) is 5.75 Å². The second-order valence-corrected chi connectivity index (χ2v) is 7.50. The lowest BCUT2D eigenvalue weighted by Gasteiger charge is -2.22. The van der Waals surface area contributed by atoms with Crippen molar-refractivity contribution in [1.29, 1.82) is 0 Å². The number of anilines is 2. The lowest BCUT2D eigenvalue weighted by atomic mass is 10.1. The molecule has 0 aliphatic rings. The summed E-state index contributed by atoms with van der Waals surface area (Å²) in [4.78, 5) is 32.4. The number of amides is 1. The average molecular weight is 433 g/mol. The molecule has 8 nitrogen and oxygen atoms in total. The van der Waals surface area contributed by atoms with Crippen LogP contribution in [0.4, 0.5) is 16.6 Å². The first kappa shape index (κ1) is 20.7. The first-order valence-corrected chi connectivity index (χ1v) is 9.77. The second-order valence-electron chi connectivity index (χ2n) is 6.26. The molecule has 29 heavy (non-hydrogen) atoms. The summed E-state index contributed by atoms with van der Waals surface area (Å²) in [6.45, 7) is 5.24. The van der Waals surface area contributed by atoms with E-state index in [1.807, 2.05) is 19.9 Å². The fourth-order valence-corrected chi connectivity index (χ4v) is 4.09. The van der Waals surface area contributed by atoms with Crippen LogP contribution < -0.4 is 9.64 Å². The number of nitrogens with zero attached hydrogens (tertiary/aromatic N) is 4. The SMILES string of the molecule is CC(=O)N(c1nc(COc2cccnc2[N+](=O)[O-])cs1)c1c(C)cc(C)cc1Cl. The van der Waals surface area contributed by atoms with Crippen LogP contribution >= 0.6 is 22.9 Å². The van der Waals surface area contributed by atoms with E-state index in [4.69, 9.17) is 16.3 Å². The Morgan fingerprint density at radius 3 is 2.79 bits per heavy atom. The minimum absolute atomic E-state index is 0.00457. The minimum atomic E-state index is -0.610. The van der Waals surface area contributed by atoms with Crippen molar-refractivity contribution < 1.29 is 14.5 Å². The molecule has 0 N–H and O–H groups in total. The number of ether oxygens (including phenoxy) is 1. The number of nitro groups is 1. The molecule has 150 valence electrons. The molecule has 10 heteroatoms. The van der Waals surface area contributed by atoms with E-state index in [-0.39, 0.29) is 24.1 Å². The summed E-state index contributed by atoms with van der Waals surface area (Å²) in [5.41, 5.74) is 2.94. The third kappa shape index (κ3) is 4.52. The fraction of sp³-hybridized carbons (Fsp3) is 0.211. The van der Waals surface area contributed by atoms with Crippen LogP contribution in [0.2, 0.25) is 5.02 Å². The summed E-state index contributed by atoms with van der Waals surface area (Å²) in [6.07, 6.45) is 1.32. The summed E-state index contributed by atoms with van der Waals surface area (Å²) in [7, 11) is 0. The third-order valence-electron chi connectivity index (χ3n) is 3.97. The van der Waals surface area contributed by atoms with Crippen LogP contribution in [0.25, 0.3) is 0 Å². The number of hydrogen-bond acceptors (Lipinski definition) is 7. The van der Waals surface area contributed by atoms with Gasteiger partial charge in [-0.3, -0.25) is 9.69 Å². The van der Waals surface area contributed by atoms with Crippen LogP contribution in [0, 0.1) is 24.0 Å². The Kier molecular flexibility index (Phi) is 6.09. The molecule has 1 amide bonds. The zero-order chi connectivity index (χ0) is 21.1. The predicted molar refractivity (Wildman–Crippen MR) is 111 cm³/mol. The molecule has 0 saturated carbocycles. The zero-order valence-electron chi connectivity index (χ0n) is 15.9. The Bertz CT molecular complexity index is 1060. The summed E-state index contributed by atoms with van der Waals surface area (Å²) in [6, 6.07) is 6.75. The van der Waals surface area contributed by atoms with Gasteiger partial charge in [0.05, 0.1) is 16.4 Å². The molecule has 2 aromatic heterocycles. The third-order valence-corrected chi connectivity index (χ3v) is 5.13. The standard InChI is InChI=1S/C19H17ClN4O4S/c1-11-7-12(2)17(15(20)8-11)23(13(3)25)19-22-14(10-29-19)9-28-16-5-4-6-21-18(16)24(26)27/h4-8,10H,9H2,1-3H3. The molecule has 2 heterocycles. The van der Waals surface area contributed by atoms with Gasteiger partial charge >= 0.3 is 5.82 Å². The zero-order valence-corrected chi connectivity index (χ0v) is 17.5. The predicted octanol–water partition coefficient (Wildman–Crippen LogP) is 4.98. The van der Waals surface area contributed by atoms with E-state index in [9.17, 15) is 14.9 Å². The number of thiazole rings is 1. The highest BCUT2D eigenvalue weighted by Crippen LogP contribution is 2.37. The van der Waals surface area contributed by atoms with E-state index in [1.54, 1.807) is 17.5 Å². The molecular formula is C19H17ClN4O4S. The van der Waals surface area contributed by atoms with Crippen molar-refractivity contribution in [3.05, 3.63) is 67.8 Å². The number of hydrogen-bond donors (Lipinski definition) is 0. The second kappa shape index (κ2) is 8.54. The van der Waals surface area contributed by atoms with E-state index in [0.29, 0.717) is 21.5 Å². The number of carbonyl (C=O) groups excluding carboxylic acids is 1. The van der Waals surface area contributed by atoms with Crippen molar-refractivity contribution in [2.45, 2.75) is 27.4 Å². The van der Waals surface area contributed by atoms with Gasteiger partial charge in [0.25, 0.3) is 0 Å². The van der Waals surface area contributed by atoms with E-state index in [2.05, 4.69) is 9.97 Å². The minimum Gasteiger partial charge on any atom is -0.479 e. The highest BCUT2D eigenvalue weighted by atomic mass is 35.5. The van der Waals surface area contributed by atoms with Crippen molar-refractivity contribution in [3.63, 3.8) is 0 Å². The van der Waals surface area contributed by atoms with Gasteiger partial charge in [-0.25, -0.2) is 4.98 Å². The monoisotopic (exact) mass is 432 g/mol. The first-order chi connectivity index (χ1) is 13.8. The number of halogens is 1. The largest absolute Gasteiger partial charge is 0.479 e. The molecule has 3 rings (SSSR count). The quantitative estimate of drug-likeness (QED) is 0.402. The van der Waals surface area contributed by atoms with Gasteiger partial charge in [0, 0.05) is 12.3 Å². The summed E-state index contributed by atoms with van der Waals surface area (Å²) < 4.78 is 5.52. The highest BCUT2D eigenvalue weighted by Gasteiger charge is 2.23. The Labute approximate surface area is 175 Å². The van der Waals surface area contributed by atoms with Crippen LogP contribution in [0.15, 0.2) is 35.8 Å². The van der Waals surface area contributed by atoms with Gasteiger partial charge in [-0.1, -0.05) is 17.7 Å². The molecule has 0 bridgehead atoms. The van der Waals surface area contributed by atoms with Gasteiger partial charge in [0.1, 0.15) is 12.8 Å². The number of benzene rings is 1. The molecule has 0 unspecified atom stereocenters. The Morgan fingerprint density at radius 1 is 1.38 bits per heavy atom. The van der Waals surface area contributed by atoms with E-state index >= 15 is 0 Å². The van der Waals surface area contributed by atoms with Gasteiger partial charge in [0.15, 0.2) is 5.13 Å². The van der Waals surface area contributed by atoms with Crippen molar-refractivity contribution >= 4 is 45.5 Å². The van der Waals surface area contributed by atoms with Crippen molar-refractivity contribution in [2.24, 2.45) is 0 Å². The van der Waals surface area contributed by atoms with Gasteiger partial charge in [-0.15, -0.1) is 11.3 Å². The molecule has 0 saturated heterocycles. The lowest BCUT2D eigenvalue weighted by Crippen LogP contribution is -2.24. The van der Waals surface area contributed by atoms with Crippen LogP contribution in [0.5, 0.6) is 5.75 Å². The van der Waals surface area contributed by atoms with Crippen LogP contribution in [-0.4, -0.2) is 20.8 Å². The van der Waals surface area contributed by atoms with Crippen LogP contribution in [0.1, 0.15) is 23.7 Å². The molecule has 0 radical (unpaired) electrons. The van der Waals surface area contributed by atoms with Gasteiger partial charge in [-0.2, -0.15) is 0 Å². The molecule has 0 fully saturated rings. The highest BCUT2D eigenvalue weighted by molar-refractivity contribution is 7.14. The molecule has 0 aliphatic carbocycles. The van der Waals surface area contributed by atoms with Gasteiger partial charge in [0.2, 0.25) is 11.7 Å².